The molecule has 4 rings (SSSR count). The number of nitrogens with one attached hydrogen (secondary N) is 1. The number of aromatic nitrogens is 4. The molecule has 0 spiro atoms. The Morgan fingerprint density at radius 1 is 1.17 bits per heavy atom. The fourth-order valence-corrected chi connectivity index (χ4v) is 4.53. The van der Waals surface area contributed by atoms with Crippen molar-refractivity contribution in [3.05, 3.63) is 18.0 Å². The molecule has 2 aromatic rings. The van der Waals surface area contributed by atoms with Crippen molar-refractivity contribution >= 4 is 21.3 Å². The normalized spacial score (nSPS) is 25.6. The van der Waals surface area contributed by atoms with E-state index in [1.807, 2.05) is 16.6 Å². The molecule has 1 N–H and O–H groups in total. The summed E-state index contributed by atoms with van der Waals surface area (Å²) >= 11 is 0. The number of anilines is 1. The van der Waals surface area contributed by atoms with E-state index in [9.17, 15) is 8.42 Å². The molecule has 0 bridgehead atoms. The fourth-order valence-electron chi connectivity index (χ4n) is 3.35. The predicted molar refractivity (Wildman–Crippen MR) is 87.3 cm³/mol. The van der Waals surface area contributed by atoms with Gasteiger partial charge in [0.05, 0.1) is 5.25 Å². The molecular formula is C15H21N5O2S. The van der Waals surface area contributed by atoms with Crippen LogP contribution in [0.1, 0.15) is 50.3 Å². The van der Waals surface area contributed by atoms with Crippen molar-refractivity contribution < 1.29 is 8.42 Å². The van der Waals surface area contributed by atoms with E-state index in [1.165, 1.54) is 6.26 Å². The Morgan fingerprint density at radius 3 is 2.74 bits per heavy atom. The molecule has 8 heteroatoms. The highest BCUT2D eigenvalue weighted by molar-refractivity contribution is 7.91. The highest BCUT2D eigenvalue weighted by Gasteiger charge is 2.30. The minimum absolute atomic E-state index is 0.147. The Bertz CT molecular complexity index is 828. The second kappa shape index (κ2) is 5.43. The van der Waals surface area contributed by atoms with E-state index < -0.39 is 9.84 Å². The zero-order valence-corrected chi connectivity index (χ0v) is 14.0. The second-order valence-corrected chi connectivity index (χ2v) is 9.11. The molecule has 2 heterocycles. The highest BCUT2D eigenvalue weighted by Crippen LogP contribution is 2.38. The van der Waals surface area contributed by atoms with Gasteiger partial charge in [-0.3, -0.25) is 0 Å². The Morgan fingerprint density at radius 2 is 2.00 bits per heavy atom. The molecule has 2 aromatic heterocycles. The smallest absolute Gasteiger partial charge is 0.178 e. The van der Waals surface area contributed by atoms with E-state index in [2.05, 4.69) is 20.6 Å². The molecule has 23 heavy (non-hydrogen) atoms. The van der Waals surface area contributed by atoms with Crippen LogP contribution in [0.3, 0.4) is 0 Å². The summed E-state index contributed by atoms with van der Waals surface area (Å²) < 4.78 is 25.4. The SMILES string of the molecule is CS(=O)(=O)C1CCCC(Nc2ccc3nnc(C4CC4)n3n2)C1. The summed E-state index contributed by atoms with van der Waals surface area (Å²) in [7, 11) is -2.97. The van der Waals surface area contributed by atoms with Crippen LogP contribution < -0.4 is 5.32 Å². The molecule has 0 amide bonds. The summed E-state index contributed by atoms with van der Waals surface area (Å²) in [5, 5.41) is 16.2. The van der Waals surface area contributed by atoms with Gasteiger partial charge < -0.3 is 5.32 Å². The fraction of sp³-hybridized carbons (Fsp3) is 0.667. The number of fused-ring (bicyclic) bond motifs is 1. The molecule has 124 valence electrons. The van der Waals surface area contributed by atoms with Crippen molar-refractivity contribution in [1.29, 1.82) is 0 Å². The first-order valence-electron chi connectivity index (χ1n) is 8.18. The second-order valence-electron chi connectivity index (χ2n) is 6.78. The molecule has 2 unspecified atom stereocenters. The van der Waals surface area contributed by atoms with Crippen LogP contribution in [-0.2, 0) is 9.84 Å². The monoisotopic (exact) mass is 335 g/mol. The van der Waals surface area contributed by atoms with E-state index in [4.69, 9.17) is 0 Å². The lowest BCUT2D eigenvalue weighted by Gasteiger charge is -2.28. The van der Waals surface area contributed by atoms with Gasteiger partial charge in [-0.15, -0.1) is 15.3 Å². The third kappa shape index (κ3) is 3.04. The number of rotatable bonds is 4. The van der Waals surface area contributed by atoms with Gasteiger partial charge in [0.1, 0.15) is 15.7 Å². The van der Waals surface area contributed by atoms with Crippen LogP contribution >= 0.6 is 0 Å². The van der Waals surface area contributed by atoms with E-state index in [1.54, 1.807) is 0 Å². The maximum atomic E-state index is 11.8. The number of hydrogen-bond acceptors (Lipinski definition) is 6. The first kappa shape index (κ1) is 14.9. The average Bonchev–Trinajstić information content (AvgIpc) is 3.27. The van der Waals surface area contributed by atoms with Crippen molar-refractivity contribution in [2.24, 2.45) is 0 Å². The number of sulfone groups is 1. The van der Waals surface area contributed by atoms with Gasteiger partial charge in [-0.25, -0.2) is 8.42 Å². The lowest BCUT2D eigenvalue weighted by molar-refractivity contribution is 0.451. The quantitative estimate of drug-likeness (QED) is 0.916. The van der Waals surface area contributed by atoms with Gasteiger partial charge in [0.2, 0.25) is 0 Å². The first-order chi connectivity index (χ1) is 11.0. The minimum atomic E-state index is -2.97. The Labute approximate surface area is 135 Å². The van der Waals surface area contributed by atoms with E-state index in [0.717, 1.165) is 49.4 Å². The van der Waals surface area contributed by atoms with Crippen molar-refractivity contribution in [3.8, 4) is 0 Å². The van der Waals surface area contributed by atoms with Crippen LogP contribution in [-0.4, -0.2) is 45.8 Å². The van der Waals surface area contributed by atoms with Gasteiger partial charge >= 0.3 is 0 Å². The lowest BCUT2D eigenvalue weighted by Crippen LogP contribution is -2.34. The molecule has 0 aliphatic heterocycles. The van der Waals surface area contributed by atoms with Crippen LogP contribution in [0.25, 0.3) is 5.65 Å². The minimum Gasteiger partial charge on any atom is -0.366 e. The van der Waals surface area contributed by atoms with Crippen LogP contribution in [0.15, 0.2) is 12.1 Å². The summed E-state index contributed by atoms with van der Waals surface area (Å²) in [5.74, 6) is 2.18. The van der Waals surface area contributed by atoms with E-state index in [-0.39, 0.29) is 11.3 Å². The molecule has 0 aromatic carbocycles. The molecule has 2 fully saturated rings. The molecular weight excluding hydrogens is 314 g/mol. The van der Waals surface area contributed by atoms with Gasteiger partial charge in [0.25, 0.3) is 0 Å². The molecule has 7 nitrogen and oxygen atoms in total. The van der Waals surface area contributed by atoms with Gasteiger partial charge in [-0.1, -0.05) is 6.42 Å². The number of hydrogen-bond donors (Lipinski definition) is 1. The van der Waals surface area contributed by atoms with Gasteiger partial charge in [-0.05, 0) is 44.2 Å². The zero-order valence-electron chi connectivity index (χ0n) is 13.1. The summed E-state index contributed by atoms with van der Waals surface area (Å²) in [6, 6.07) is 3.95. The highest BCUT2D eigenvalue weighted by atomic mass is 32.2. The van der Waals surface area contributed by atoms with Crippen molar-refractivity contribution in [3.63, 3.8) is 0 Å². The third-order valence-corrected chi connectivity index (χ3v) is 6.45. The van der Waals surface area contributed by atoms with Gasteiger partial charge in [0.15, 0.2) is 11.5 Å². The number of nitrogens with zero attached hydrogens (tertiary/aromatic N) is 4. The average molecular weight is 335 g/mol. The molecule has 0 radical (unpaired) electrons. The molecule has 0 saturated heterocycles. The predicted octanol–water partition coefficient (Wildman–Crippen LogP) is 1.77. The Hall–Kier alpha value is -1.70. The summed E-state index contributed by atoms with van der Waals surface area (Å²) in [6.07, 6.45) is 6.96. The van der Waals surface area contributed by atoms with Gasteiger partial charge in [0, 0.05) is 18.2 Å². The standard InChI is InChI=1S/C15H21N5O2S/c1-23(21,22)12-4-2-3-11(9-12)16-13-7-8-14-17-18-15(10-5-6-10)20(14)19-13/h7-8,10-12H,2-6,9H2,1H3,(H,16,19). The van der Waals surface area contributed by atoms with Crippen molar-refractivity contribution in [2.75, 3.05) is 11.6 Å². The summed E-state index contributed by atoms with van der Waals surface area (Å²) in [5.41, 5.74) is 0.759. The first-order valence-corrected chi connectivity index (χ1v) is 10.1. The van der Waals surface area contributed by atoms with Crippen LogP contribution in [0.5, 0.6) is 0 Å². The molecule has 2 aliphatic rings. The topological polar surface area (TPSA) is 89.2 Å². The maximum Gasteiger partial charge on any atom is 0.178 e. The molecule has 2 aliphatic carbocycles. The van der Waals surface area contributed by atoms with Crippen molar-refractivity contribution in [1.82, 2.24) is 19.8 Å². The maximum absolute atomic E-state index is 11.8. The molecule has 2 saturated carbocycles. The van der Waals surface area contributed by atoms with Crippen LogP contribution in [0.2, 0.25) is 0 Å². The summed E-state index contributed by atoms with van der Waals surface area (Å²) in [6.45, 7) is 0. The third-order valence-electron chi connectivity index (χ3n) is 4.81. The lowest BCUT2D eigenvalue weighted by atomic mass is 9.95. The largest absolute Gasteiger partial charge is 0.366 e. The Balaban J connectivity index is 1.54. The van der Waals surface area contributed by atoms with Crippen molar-refractivity contribution in [2.45, 2.75) is 55.7 Å². The van der Waals surface area contributed by atoms with Gasteiger partial charge in [-0.2, -0.15) is 4.52 Å². The van der Waals surface area contributed by atoms with Crippen LogP contribution in [0.4, 0.5) is 5.82 Å². The zero-order chi connectivity index (χ0) is 16.0. The van der Waals surface area contributed by atoms with Crippen LogP contribution in [0, 0.1) is 0 Å². The van der Waals surface area contributed by atoms with E-state index in [0.29, 0.717) is 12.3 Å². The molecule has 2 atom stereocenters. The summed E-state index contributed by atoms with van der Waals surface area (Å²) in [4.78, 5) is 0. The van der Waals surface area contributed by atoms with E-state index >= 15 is 0 Å². The Kier molecular flexibility index (Phi) is 3.51.